The zero-order valence-electron chi connectivity index (χ0n) is 14.3. The topological polar surface area (TPSA) is 63.3 Å². The van der Waals surface area contributed by atoms with Crippen LogP contribution >= 0.6 is 11.6 Å². The van der Waals surface area contributed by atoms with Crippen LogP contribution in [0, 0.1) is 6.92 Å². The number of fused-ring (bicyclic) bond motifs is 1. The minimum absolute atomic E-state index is 0.132. The van der Waals surface area contributed by atoms with Crippen molar-refractivity contribution in [2.45, 2.75) is 13.3 Å². The molecule has 130 valence electrons. The molecule has 0 spiro atoms. The monoisotopic (exact) mass is 358 g/mol. The summed E-state index contributed by atoms with van der Waals surface area (Å²) in [6.07, 6.45) is 0.237. The van der Waals surface area contributed by atoms with Gasteiger partial charge in [-0.05, 0) is 42.8 Å². The molecule has 3 rings (SSSR count). The average molecular weight is 359 g/mol. The first-order chi connectivity index (χ1) is 12.0. The molecule has 1 amide bonds. The van der Waals surface area contributed by atoms with Gasteiger partial charge in [-0.2, -0.15) is 0 Å². The fraction of sp³-hybridized carbons (Fsp3) is 0.211. The Morgan fingerprint density at radius 3 is 2.68 bits per heavy atom. The van der Waals surface area contributed by atoms with Crippen LogP contribution in [0.15, 0.2) is 36.4 Å². The molecule has 0 atom stereocenters. The Labute approximate surface area is 150 Å². The van der Waals surface area contributed by atoms with Crippen LogP contribution in [0.3, 0.4) is 0 Å². The van der Waals surface area contributed by atoms with E-state index in [0.29, 0.717) is 22.2 Å². The van der Waals surface area contributed by atoms with E-state index in [0.717, 1.165) is 22.2 Å². The van der Waals surface area contributed by atoms with Crippen LogP contribution in [0.5, 0.6) is 11.5 Å². The fourth-order valence-electron chi connectivity index (χ4n) is 2.84. The van der Waals surface area contributed by atoms with E-state index in [1.54, 1.807) is 32.4 Å². The van der Waals surface area contributed by atoms with Gasteiger partial charge in [0.05, 0.1) is 26.3 Å². The summed E-state index contributed by atoms with van der Waals surface area (Å²) in [7, 11) is 3.13. The number of rotatable bonds is 5. The number of hydrogen-bond donors (Lipinski definition) is 2. The highest BCUT2D eigenvalue weighted by Gasteiger charge is 2.15. The van der Waals surface area contributed by atoms with E-state index in [4.69, 9.17) is 21.1 Å². The Kier molecular flexibility index (Phi) is 4.86. The number of hydrogen-bond acceptors (Lipinski definition) is 3. The molecule has 0 aliphatic heterocycles. The zero-order chi connectivity index (χ0) is 18.0. The van der Waals surface area contributed by atoms with Crippen LogP contribution in [0.4, 0.5) is 5.69 Å². The Morgan fingerprint density at radius 2 is 1.96 bits per heavy atom. The van der Waals surface area contributed by atoms with Gasteiger partial charge in [0.25, 0.3) is 0 Å². The minimum Gasteiger partial charge on any atom is -0.497 e. The van der Waals surface area contributed by atoms with Gasteiger partial charge in [0, 0.05) is 27.7 Å². The van der Waals surface area contributed by atoms with E-state index in [1.165, 1.54) is 0 Å². The van der Waals surface area contributed by atoms with Crippen molar-refractivity contribution < 1.29 is 14.3 Å². The van der Waals surface area contributed by atoms with Crippen LogP contribution in [0.1, 0.15) is 11.3 Å². The molecule has 0 unspecified atom stereocenters. The minimum atomic E-state index is -0.132. The van der Waals surface area contributed by atoms with E-state index >= 15 is 0 Å². The third kappa shape index (κ3) is 3.56. The Morgan fingerprint density at radius 1 is 1.16 bits per heavy atom. The fourth-order valence-corrected chi connectivity index (χ4v) is 3.01. The number of aryl methyl sites for hydroxylation is 1. The number of anilines is 1. The van der Waals surface area contributed by atoms with Gasteiger partial charge in [0.15, 0.2) is 0 Å². The molecule has 25 heavy (non-hydrogen) atoms. The van der Waals surface area contributed by atoms with Gasteiger partial charge in [0.2, 0.25) is 5.91 Å². The van der Waals surface area contributed by atoms with Crippen molar-refractivity contribution in [3.8, 4) is 11.5 Å². The third-order valence-electron chi connectivity index (χ3n) is 4.10. The second-order valence-corrected chi connectivity index (χ2v) is 6.15. The molecular formula is C19H19ClN2O3. The third-order valence-corrected chi connectivity index (χ3v) is 4.34. The molecule has 0 aliphatic carbocycles. The summed E-state index contributed by atoms with van der Waals surface area (Å²) < 4.78 is 10.5. The number of ether oxygens (including phenoxy) is 2. The van der Waals surface area contributed by atoms with E-state index < -0.39 is 0 Å². The Hall–Kier alpha value is -2.66. The predicted molar refractivity (Wildman–Crippen MR) is 99.9 cm³/mol. The van der Waals surface area contributed by atoms with Crippen molar-refractivity contribution >= 4 is 34.1 Å². The highest BCUT2D eigenvalue weighted by molar-refractivity contribution is 6.31. The van der Waals surface area contributed by atoms with E-state index in [1.807, 2.05) is 25.1 Å². The normalized spacial score (nSPS) is 10.7. The lowest BCUT2D eigenvalue weighted by molar-refractivity contribution is -0.115. The molecule has 0 saturated heterocycles. The summed E-state index contributed by atoms with van der Waals surface area (Å²) in [6, 6.07) is 10.9. The predicted octanol–water partition coefficient (Wildman–Crippen LogP) is 4.33. The molecule has 5 nitrogen and oxygen atoms in total. The molecule has 0 fully saturated rings. The quantitative estimate of drug-likeness (QED) is 0.713. The number of amides is 1. The first-order valence-electron chi connectivity index (χ1n) is 7.80. The van der Waals surface area contributed by atoms with Gasteiger partial charge in [-0.3, -0.25) is 4.79 Å². The molecule has 1 heterocycles. The highest BCUT2D eigenvalue weighted by Crippen LogP contribution is 2.30. The van der Waals surface area contributed by atoms with E-state index in [9.17, 15) is 4.79 Å². The second kappa shape index (κ2) is 7.07. The van der Waals surface area contributed by atoms with E-state index in [-0.39, 0.29) is 12.3 Å². The number of carbonyl (C=O) groups is 1. The Bertz CT molecular complexity index is 934. The second-order valence-electron chi connectivity index (χ2n) is 5.71. The number of aromatic nitrogens is 1. The number of aromatic amines is 1. The molecular weight excluding hydrogens is 340 g/mol. The summed E-state index contributed by atoms with van der Waals surface area (Å²) in [6.45, 7) is 1.95. The lowest BCUT2D eigenvalue weighted by atomic mass is 10.1. The van der Waals surface area contributed by atoms with Crippen LogP contribution in [0.2, 0.25) is 5.02 Å². The number of methoxy groups -OCH3 is 2. The van der Waals surface area contributed by atoms with Crippen LogP contribution in [0.25, 0.3) is 10.9 Å². The first kappa shape index (κ1) is 17.2. The lowest BCUT2D eigenvalue weighted by Gasteiger charge is -2.11. The van der Waals surface area contributed by atoms with Crippen molar-refractivity contribution in [3.05, 3.63) is 52.7 Å². The van der Waals surface area contributed by atoms with Crippen LogP contribution in [-0.2, 0) is 11.2 Å². The van der Waals surface area contributed by atoms with Gasteiger partial charge >= 0.3 is 0 Å². The number of nitrogens with one attached hydrogen (secondary N) is 2. The molecule has 1 aromatic heterocycles. The van der Waals surface area contributed by atoms with Crippen LogP contribution in [-0.4, -0.2) is 25.1 Å². The molecule has 3 aromatic rings. The van der Waals surface area contributed by atoms with Gasteiger partial charge in [-0.1, -0.05) is 11.6 Å². The van der Waals surface area contributed by atoms with E-state index in [2.05, 4.69) is 10.3 Å². The molecule has 6 heteroatoms. The van der Waals surface area contributed by atoms with Gasteiger partial charge in [-0.15, -0.1) is 0 Å². The van der Waals surface area contributed by atoms with Crippen molar-refractivity contribution in [3.63, 3.8) is 0 Å². The highest BCUT2D eigenvalue weighted by atomic mass is 35.5. The molecule has 2 N–H and O–H groups in total. The SMILES string of the molecule is COc1ccc(NC(=O)Cc2c(C)[nH]c3ccc(Cl)cc23)c(OC)c1. The lowest BCUT2D eigenvalue weighted by Crippen LogP contribution is -2.15. The standard InChI is InChI=1S/C19H19ClN2O3/c1-11-14(15-8-12(20)4-6-16(15)21-11)10-19(23)22-17-7-5-13(24-2)9-18(17)25-3/h4-9,21H,10H2,1-3H3,(H,22,23). The number of halogens is 1. The molecule has 0 bridgehead atoms. The van der Waals surface area contributed by atoms with Crippen molar-refractivity contribution in [1.82, 2.24) is 4.98 Å². The van der Waals surface area contributed by atoms with Crippen molar-refractivity contribution in [2.75, 3.05) is 19.5 Å². The molecule has 0 aliphatic rings. The summed E-state index contributed by atoms with van der Waals surface area (Å²) in [4.78, 5) is 15.8. The van der Waals surface area contributed by atoms with Crippen molar-refractivity contribution in [1.29, 1.82) is 0 Å². The summed E-state index contributed by atoms with van der Waals surface area (Å²) in [5, 5.41) is 4.49. The average Bonchev–Trinajstić information content (AvgIpc) is 2.90. The first-order valence-corrected chi connectivity index (χ1v) is 8.18. The summed E-state index contributed by atoms with van der Waals surface area (Å²) >= 11 is 6.09. The maximum atomic E-state index is 12.5. The number of benzene rings is 2. The molecule has 2 aromatic carbocycles. The molecule has 0 saturated carbocycles. The number of carbonyl (C=O) groups excluding carboxylic acids is 1. The molecule has 0 radical (unpaired) electrons. The van der Waals surface area contributed by atoms with Crippen LogP contribution < -0.4 is 14.8 Å². The smallest absolute Gasteiger partial charge is 0.228 e. The largest absolute Gasteiger partial charge is 0.497 e. The zero-order valence-corrected chi connectivity index (χ0v) is 15.0. The van der Waals surface area contributed by atoms with Gasteiger partial charge in [-0.25, -0.2) is 0 Å². The van der Waals surface area contributed by atoms with Gasteiger partial charge < -0.3 is 19.8 Å². The Balaban J connectivity index is 1.84. The maximum absolute atomic E-state index is 12.5. The van der Waals surface area contributed by atoms with Gasteiger partial charge in [0.1, 0.15) is 11.5 Å². The summed E-state index contributed by atoms with van der Waals surface area (Å²) in [5.41, 5.74) is 3.45. The number of H-pyrrole nitrogens is 1. The van der Waals surface area contributed by atoms with Crippen molar-refractivity contribution in [2.24, 2.45) is 0 Å². The maximum Gasteiger partial charge on any atom is 0.228 e. The summed E-state index contributed by atoms with van der Waals surface area (Å²) in [5.74, 6) is 1.08.